The lowest BCUT2D eigenvalue weighted by Gasteiger charge is -2.28. The molecule has 1 aliphatic heterocycles. The molecule has 0 radical (unpaired) electrons. The highest BCUT2D eigenvalue weighted by Crippen LogP contribution is 2.11. The molecule has 1 rings (SSSR count). The van der Waals surface area contributed by atoms with E-state index in [0.29, 0.717) is 6.04 Å². The van der Waals surface area contributed by atoms with Gasteiger partial charge in [0, 0.05) is 19.0 Å². The molecule has 3 nitrogen and oxygen atoms in total. The Bertz CT molecular complexity index is 174. The van der Waals surface area contributed by atoms with Crippen molar-refractivity contribution >= 4 is 11.8 Å². The lowest BCUT2D eigenvalue weighted by Crippen LogP contribution is -2.34. The van der Waals surface area contributed by atoms with E-state index >= 15 is 0 Å². The van der Waals surface area contributed by atoms with Crippen LogP contribution >= 0.6 is 11.8 Å². The van der Waals surface area contributed by atoms with Gasteiger partial charge in [0.2, 0.25) is 0 Å². The van der Waals surface area contributed by atoms with Crippen molar-refractivity contribution in [1.29, 1.82) is 0 Å². The van der Waals surface area contributed by atoms with Gasteiger partial charge in [0.1, 0.15) is 0 Å². The fraction of sp³-hybridized carbons (Fsp3) is 1.00. The van der Waals surface area contributed by atoms with Crippen LogP contribution in [0.1, 0.15) is 26.2 Å². The number of hydrogen-bond donors (Lipinski definition) is 0. The van der Waals surface area contributed by atoms with E-state index in [1.54, 1.807) is 0 Å². The van der Waals surface area contributed by atoms with Crippen molar-refractivity contribution in [3.8, 4) is 0 Å². The molecule has 1 aliphatic rings. The smallest absolute Gasteiger partial charge is 0.158 e. The predicted molar refractivity (Wildman–Crippen MR) is 70.0 cm³/mol. The molecule has 0 saturated carbocycles. The van der Waals surface area contributed by atoms with Gasteiger partial charge in [-0.15, -0.1) is 0 Å². The summed E-state index contributed by atoms with van der Waals surface area (Å²) in [5.41, 5.74) is 0. The number of ether oxygens (including phenoxy) is 2. The standard InChI is InChI=1S/C12H25NO2S/c1-11(6-10-16-3)13(2)7-5-12-14-8-4-9-15-12/h11-12H,4-10H2,1-3H3. The minimum absolute atomic E-state index is 0.0314. The van der Waals surface area contributed by atoms with Crippen LogP contribution in [0.2, 0.25) is 0 Å². The lowest BCUT2D eigenvalue weighted by molar-refractivity contribution is -0.182. The molecule has 0 aromatic heterocycles. The van der Waals surface area contributed by atoms with Crippen LogP contribution < -0.4 is 0 Å². The molecule has 1 heterocycles. The number of nitrogens with zero attached hydrogens (tertiary/aromatic N) is 1. The van der Waals surface area contributed by atoms with E-state index in [9.17, 15) is 0 Å². The maximum Gasteiger partial charge on any atom is 0.158 e. The summed E-state index contributed by atoms with van der Waals surface area (Å²) in [6.45, 7) is 5.06. The molecular weight excluding hydrogens is 222 g/mol. The van der Waals surface area contributed by atoms with Crippen molar-refractivity contribution in [3.63, 3.8) is 0 Å². The summed E-state index contributed by atoms with van der Waals surface area (Å²) in [5, 5.41) is 0. The average Bonchev–Trinajstić information content (AvgIpc) is 2.34. The zero-order valence-electron chi connectivity index (χ0n) is 10.8. The SMILES string of the molecule is CSCCC(C)N(C)CCC1OCCCO1. The first-order valence-corrected chi connectivity index (χ1v) is 7.56. The highest BCUT2D eigenvalue weighted by Gasteiger charge is 2.16. The molecule has 0 aromatic rings. The summed E-state index contributed by atoms with van der Waals surface area (Å²) in [5.74, 6) is 1.24. The Hall–Kier alpha value is 0.230. The average molecular weight is 247 g/mol. The van der Waals surface area contributed by atoms with Gasteiger partial charge in [-0.3, -0.25) is 0 Å². The first kappa shape index (κ1) is 14.3. The summed E-state index contributed by atoms with van der Waals surface area (Å²) in [7, 11) is 2.19. The normalized spacial score (nSPS) is 20.2. The van der Waals surface area contributed by atoms with Crippen LogP contribution in [0.3, 0.4) is 0 Å². The van der Waals surface area contributed by atoms with Gasteiger partial charge in [-0.05, 0) is 38.8 Å². The fourth-order valence-corrected chi connectivity index (χ4v) is 2.32. The summed E-state index contributed by atoms with van der Waals surface area (Å²) < 4.78 is 11.1. The van der Waals surface area contributed by atoms with Gasteiger partial charge in [-0.2, -0.15) is 11.8 Å². The molecule has 96 valence electrons. The Morgan fingerprint density at radius 1 is 1.38 bits per heavy atom. The van der Waals surface area contributed by atoms with Crippen LogP contribution in [0.5, 0.6) is 0 Å². The minimum Gasteiger partial charge on any atom is -0.353 e. The second-order valence-corrected chi connectivity index (χ2v) is 5.41. The number of thioether (sulfide) groups is 1. The van der Waals surface area contributed by atoms with Gasteiger partial charge in [0.05, 0.1) is 13.2 Å². The summed E-state index contributed by atoms with van der Waals surface area (Å²) in [4.78, 5) is 2.40. The Balaban J connectivity index is 2.10. The van der Waals surface area contributed by atoms with Gasteiger partial charge in [0.15, 0.2) is 6.29 Å². The first-order chi connectivity index (χ1) is 7.74. The molecule has 4 heteroatoms. The number of rotatable bonds is 7. The Morgan fingerprint density at radius 2 is 2.06 bits per heavy atom. The largest absolute Gasteiger partial charge is 0.353 e. The van der Waals surface area contributed by atoms with E-state index in [1.165, 1.54) is 12.2 Å². The van der Waals surface area contributed by atoms with Crippen molar-refractivity contribution < 1.29 is 9.47 Å². The van der Waals surface area contributed by atoms with Crippen molar-refractivity contribution in [3.05, 3.63) is 0 Å². The monoisotopic (exact) mass is 247 g/mol. The van der Waals surface area contributed by atoms with E-state index in [4.69, 9.17) is 9.47 Å². The van der Waals surface area contributed by atoms with Gasteiger partial charge in [0.25, 0.3) is 0 Å². The van der Waals surface area contributed by atoms with Crippen LogP contribution in [0.15, 0.2) is 0 Å². The van der Waals surface area contributed by atoms with Crippen molar-refractivity contribution in [1.82, 2.24) is 4.90 Å². The van der Waals surface area contributed by atoms with E-state index < -0.39 is 0 Å². The van der Waals surface area contributed by atoms with Crippen molar-refractivity contribution in [2.75, 3.05) is 38.8 Å². The molecule has 1 atom stereocenters. The molecule has 0 N–H and O–H groups in total. The van der Waals surface area contributed by atoms with Gasteiger partial charge >= 0.3 is 0 Å². The first-order valence-electron chi connectivity index (χ1n) is 6.16. The summed E-state index contributed by atoms with van der Waals surface area (Å²) >= 11 is 1.92. The minimum atomic E-state index is 0.0314. The third-order valence-corrected chi connectivity index (χ3v) is 3.75. The third-order valence-electron chi connectivity index (χ3n) is 3.11. The molecule has 0 amide bonds. The Labute approximate surface area is 104 Å². The second kappa shape index (κ2) is 8.34. The number of hydrogen-bond acceptors (Lipinski definition) is 4. The molecule has 1 unspecified atom stereocenters. The molecule has 1 fully saturated rings. The second-order valence-electron chi connectivity index (χ2n) is 4.42. The topological polar surface area (TPSA) is 21.7 Å². The van der Waals surface area contributed by atoms with Gasteiger partial charge < -0.3 is 14.4 Å². The van der Waals surface area contributed by atoms with Crippen LogP contribution in [-0.2, 0) is 9.47 Å². The lowest BCUT2D eigenvalue weighted by atomic mass is 10.2. The van der Waals surface area contributed by atoms with Crippen LogP contribution in [-0.4, -0.2) is 56.0 Å². The molecule has 0 spiro atoms. The Kier molecular flexibility index (Phi) is 7.45. The van der Waals surface area contributed by atoms with E-state index in [1.807, 2.05) is 11.8 Å². The third kappa shape index (κ3) is 5.53. The van der Waals surface area contributed by atoms with Gasteiger partial charge in [-0.25, -0.2) is 0 Å². The summed E-state index contributed by atoms with van der Waals surface area (Å²) in [6, 6.07) is 0.649. The zero-order valence-corrected chi connectivity index (χ0v) is 11.6. The molecule has 16 heavy (non-hydrogen) atoms. The molecule has 0 bridgehead atoms. The maximum absolute atomic E-state index is 5.54. The highest BCUT2D eigenvalue weighted by molar-refractivity contribution is 7.98. The van der Waals surface area contributed by atoms with Crippen LogP contribution in [0.4, 0.5) is 0 Å². The maximum atomic E-state index is 5.54. The molecular formula is C12H25NO2S. The van der Waals surface area contributed by atoms with E-state index in [-0.39, 0.29) is 6.29 Å². The van der Waals surface area contributed by atoms with Crippen molar-refractivity contribution in [2.45, 2.75) is 38.5 Å². The zero-order chi connectivity index (χ0) is 11.8. The van der Waals surface area contributed by atoms with E-state index in [0.717, 1.165) is 32.6 Å². The van der Waals surface area contributed by atoms with Crippen LogP contribution in [0, 0.1) is 0 Å². The van der Waals surface area contributed by atoms with Crippen molar-refractivity contribution in [2.24, 2.45) is 0 Å². The molecule has 1 saturated heterocycles. The molecule has 0 aliphatic carbocycles. The van der Waals surface area contributed by atoms with Crippen LogP contribution in [0.25, 0.3) is 0 Å². The van der Waals surface area contributed by atoms with E-state index in [2.05, 4.69) is 25.1 Å². The van der Waals surface area contributed by atoms with Gasteiger partial charge in [-0.1, -0.05) is 0 Å². The predicted octanol–water partition coefficient (Wildman–Crippen LogP) is 2.21. The Morgan fingerprint density at radius 3 is 2.69 bits per heavy atom. The quantitative estimate of drug-likeness (QED) is 0.687. The highest BCUT2D eigenvalue weighted by atomic mass is 32.2. The fourth-order valence-electron chi connectivity index (χ4n) is 1.74. The molecule has 0 aromatic carbocycles. The summed E-state index contributed by atoms with van der Waals surface area (Å²) in [6.07, 6.45) is 5.47.